The standard InChI is InChI=1S/C19H26ClN4O7P/c1-32(27,28)31-29-8-12-15(25)16(26)17(30-12)11-5-21-14-13(11)22-19(20)23-18(14)24-6-9-3-2-4-10(9)7-24/h5,9-10,12,15-17,21,25-26H,2-4,6-8H2,1H3,(H,27,28)/t9?,10?,12-,15-,16-,17-/m1/s1. The quantitative estimate of drug-likeness (QED) is 0.205. The van der Waals surface area contributed by atoms with Crippen molar-refractivity contribution in [2.45, 2.75) is 43.7 Å². The molecule has 7 atom stereocenters. The normalized spacial score (nSPS) is 34.3. The molecule has 176 valence electrons. The number of nitrogens with one attached hydrogen (secondary N) is 1. The number of nitrogens with zero attached hydrogens (tertiary/aromatic N) is 3. The molecular formula is C19H26ClN4O7P. The van der Waals surface area contributed by atoms with E-state index >= 15 is 0 Å². The number of aliphatic hydroxyl groups excluding tert-OH is 2. The zero-order valence-corrected chi connectivity index (χ0v) is 19.1. The van der Waals surface area contributed by atoms with Crippen molar-refractivity contribution in [1.82, 2.24) is 15.0 Å². The van der Waals surface area contributed by atoms with Crippen molar-refractivity contribution < 1.29 is 34.0 Å². The van der Waals surface area contributed by atoms with Crippen LogP contribution in [-0.4, -0.2) is 74.7 Å². The summed E-state index contributed by atoms with van der Waals surface area (Å²) in [4.78, 5) is 28.1. The maximum Gasteiger partial charge on any atom is 0.352 e. The Morgan fingerprint density at radius 3 is 2.69 bits per heavy atom. The maximum absolute atomic E-state index is 11.2. The first kappa shape index (κ1) is 22.5. The van der Waals surface area contributed by atoms with Gasteiger partial charge in [0, 0.05) is 31.5 Å². The Labute approximate surface area is 189 Å². The number of halogens is 1. The second-order valence-electron chi connectivity index (χ2n) is 8.88. The average Bonchev–Trinajstić information content (AvgIpc) is 3.46. The van der Waals surface area contributed by atoms with Gasteiger partial charge in [-0.05, 0) is 36.3 Å². The maximum atomic E-state index is 11.2. The Morgan fingerprint density at radius 1 is 1.28 bits per heavy atom. The number of hydrogen-bond acceptors (Lipinski definition) is 9. The van der Waals surface area contributed by atoms with E-state index in [9.17, 15) is 14.8 Å². The van der Waals surface area contributed by atoms with Crippen LogP contribution < -0.4 is 4.90 Å². The molecule has 0 aromatic carbocycles. The van der Waals surface area contributed by atoms with E-state index in [0.717, 1.165) is 25.6 Å². The van der Waals surface area contributed by atoms with Gasteiger partial charge in [-0.3, -0.25) is 4.57 Å². The van der Waals surface area contributed by atoms with Crippen molar-refractivity contribution in [2.24, 2.45) is 11.8 Å². The lowest BCUT2D eigenvalue weighted by Gasteiger charge is -2.19. The highest BCUT2D eigenvalue weighted by Crippen LogP contribution is 2.43. The Bertz CT molecular complexity index is 1040. The second-order valence-corrected chi connectivity index (χ2v) is 11.0. The van der Waals surface area contributed by atoms with E-state index in [1.807, 2.05) is 0 Å². The third-order valence-corrected chi connectivity index (χ3v) is 7.18. The van der Waals surface area contributed by atoms with E-state index in [1.54, 1.807) is 6.20 Å². The molecule has 2 saturated heterocycles. The van der Waals surface area contributed by atoms with Crippen LogP contribution in [0.5, 0.6) is 0 Å². The molecule has 5 rings (SSSR count). The molecule has 0 radical (unpaired) electrons. The topological polar surface area (TPSA) is 150 Å². The Hall–Kier alpha value is -1.30. The van der Waals surface area contributed by atoms with Gasteiger partial charge in [-0.2, -0.15) is 4.98 Å². The first-order chi connectivity index (χ1) is 15.2. The predicted molar refractivity (Wildman–Crippen MR) is 114 cm³/mol. The van der Waals surface area contributed by atoms with Crippen molar-refractivity contribution >= 4 is 36.0 Å². The minimum Gasteiger partial charge on any atom is -0.387 e. The highest BCUT2D eigenvalue weighted by Gasteiger charge is 2.45. The molecule has 0 amide bonds. The summed E-state index contributed by atoms with van der Waals surface area (Å²) in [6, 6.07) is 0. The SMILES string of the molecule is CP(=O)(O)OOC[C@H]1O[C@H](c2c[nH]c3c(N4CC5CCCC5C4)nc(Cl)nc23)[C@H](O)[C@@H]1O. The van der Waals surface area contributed by atoms with Crippen LogP contribution in [0.25, 0.3) is 11.0 Å². The third kappa shape index (κ3) is 4.17. The molecule has 4 N–H and O–H groups in total. The van der Waals surface area contributed by atoms with Crippen LogP contribution in [0.3, 0.4) is 0 Å². The monoisotopic (exact) mass is 488 g/mol. The van der Waals surface area contributed by atoms with Crippen LogP contribution in [0.2, 0.25) is 5.28 Å². The molecule has 0 bridgehead atoms. The first-order valence-electron chi connectivity index (χ1n) is 10.6. The summed E-state index contributed by atoms with van der Waals surface area (Å²) in [5.74, 6) is 2.07. The molecule has 1 aliphatic carbocycles. The third-order valence-electron chi connectivity index (χ3n) is 6.63. The van der Waals surface area contributed by atoms with Gasteiger partial charge in [-0.25, -0.2) is 9.87 Å². The Kier molecular flexibility index (Phi) is 5.96. The summed E-state index contributed by atoms with van der Waals surface area (Å²) >= 11 is 6.26. The lowest BCUT2D eigenvalue weighted by atomic mass is 10.0. The van der Waals surface area contributed by atoms with E-state index in [4.69, 9.17) is 26.1 Å². The van der Waals surface area contributed by atoms with Crippen LogP contribution in [0.4, 0.5) is 5.82 Å². The van der Waals surface area contributed by atoms with Crippen molar-refractivity contribution in [3.05, 3.63) is 17.0 Å². The number of ether oxygens (including phenoxy) is 1. The summed E-state index contributed by atoms with van der Waals surface area (Å²) in [6.07, 6.45) is 0.967. The molecule has 1 saturated carbocycles. The average molecular weight is 489 g/mol. The lowest BCUT2D eigenvalue weighted by Crippen LogP contribution is -2.33. The molecular weight excluding hydrogens is 463 g/mol. The van der Waals surface area contributed by atoms with Crippen molar-refractivity contribution in [1.29, 1.82) is 0 Å². The van der Waals surface area contributed by atoms with Crippen molar-refractivity contribution in [2.75, 3.05) is 31.3 Å². The van der Waals surface area contributed by atoms with Gasteiger partial charge in [0.05, 0.1) is 0 Å². The van der Waals surface area contributed by atoms with E-state index in [-0.39, 0.29) is 11.9 Å². The number of aromatic nitrogens is 3. The summed E-state index contributed by atoms with van der Waals surface area (Å²) in [6.45, 7) is 2.48. The lowest BCUT2D eigenvalue weighted by molar-refractivity contribution is -0.236. The highest BCUT2D eigenvalue weighted by molar-refractivity contribution is 7.51. The van der Waals surface area contributed by atoms with Gasteiger partial charge in [0.15, 0.2) is 5.82 Å². The fraction of sp³-hybridized carbons (Fsp3) is 0.684. The zero-order chi connectivity index (χ0) is 22.6. The molecule has 4 heterocycles. The van der Waals surface area contributed by atoms with Gasteiger partial charge in [0.1, 0.15) is 42.1 Å². The minimum atomic E-state index is -3.85. The second kappa shape index (κ2) is 8.48. The number of rotatable bonds is 6. The summed E-state index contributed by atoms with van der Waals surface area (Å²) < 4.78 is 21.4. The molecule has 3 aliphatic rings. The largest absolute Gasteiger partial charge is 0.387 e. The molecule has 2 aliphatic heterocycles. The summed E-state index contributed by atoms with van der Waals surface area (Å²) in [5.41, 5.74) is 1.74. The van der Waals surface area contributed by atoms with E-state index in [2.05, 4.69) is 24.5 Å². The summed E-state index contributed by atoms with van der Waals surface area (Å²) in [5, 5.41) is 21.1. The highest BCUT2D eigenvalue weighted by atomic mass is 35.5. The molecule has 13 heteroatoms. The Morgan fingerprint density at radius 2 is 2.00 bits per heavy atom. The number of H-pyrrole nitrogens is 1. The smallest absolute Gasteiger partial charge is 0.352 e. The number of fused-ring (bicyclic) bond motifs is 2. The fourth-order valence-electron chi connectivity index (χ4n) is 5.17. The van der Waals surface area contributed by atoms with Gasteiger partial charge in [0.2, 0.25) is 5.28 Å². The first-order valence-corrected chi connectivity index (χ1v) is 13.0. The van der Waals surface area contributed by atoms with Crippen LogP contribution in [0, 0.1) is 11.8 Å². The number of hydrogen-bond donors (Lipinski definition) is 4. The molecule has 2 aromatic rings. The van der Waals surface area contributed by atoms with E-state index in [1.165, 1.54) is 19.3 Å². The number of aliphatic hydroxyl groups is 2. The number of anilines is 1. The van der Waals surface area contributed by atoms with E-state index in [0.29, 0.717) is 28.4 Å². The molecule has 0 spiro atoms. The van der Waals surface area contributed by atoms with Crippen LogP contribution in [0.1, 0.15) is 30.9 Å². The van der Waals surface area contributed by atoms with Gasteiger partial charge in [-0.15, -0.1) is 4.67 Å². The predicted octanol–water partition coefficient (Wildman–Crippen LogP) is 1.77. The zero-order valence-electron chi connectivity index (χ0n) is 17.4. The Balaban J connectivity index is 1.39. The molecule has 2 aromatic heterocycles. The minimum absolute atomic E-state index is 0.0911. The molecule has 3 unspecified atom stereocenters. The van der Waals surface area contributed by atoms with Crippen molar-refractivity contribution in [3.8, 4) is 0 Å². The van der Waals surface area contributed by atoms with Crippen LogP contribution in [0.15, 0.2) is 6.20 Å². The molecule has 3 fully saturated rings. The van der Waals surface area contributed by atoms with E-state index < -0.39 is 32.0 Å². The van der Waals surface area contributed by atoms with Crippen LogP contribution >= 0.6 is 19.2 Å². The molecule has 32 heavy (non-hydrogen) atoms. The van der Waals surface area contributed by atoms with Crippen LogP contribution in [-0.2, 0) is 18.9 Å². The van der Waals surface area contributed by atoms with Gasteiger partial charge in [-0.1, -0.05) is 6.42 Å². The van der Waals surface area contributed by atoms with Gasteiger partial charge in [0.25, 0.3) is 0 Å². The van der Waals surface area contributed by atoms with Crippen molar-refractivity contribution in [3.63, 3.8) is 0 Å². The van der Waals surface area contributed by atoms with Gasteiger partial charge < -0.3 is 29.7 Å². The summed E-state index contributed by atoms with van der Waals surface area (Å²) in [7, 11) is -3.85. The van der Waals surface area contributed by atoms with Gasteiger partial charge >= 0.3 is 7.60 Å². The fourth-order valence-corrected chi connectivity index (χ4v) is 5.60. The molecule has 11 nitrogen and oxygen atoms in total. The number of aromatic amines is 1.